The van der Waals surface area contributed by atoms with Crippen molar-refractivity contribution in [2.45, 2.75) is 51.1 Å². The molecule has 1 saturated carbocycles. The molecule has 6 heteroatoms. The molecule has 2 rings (SSSR count). The van der Waals surface area contributed by atoms with E-state index in [-0.39, 0.29) is 16.5 Å². The summed E-state index contributed by atoms with van der Waals surface area (Å²) in [6.07, 6.45) is 1.83. The normalized spacial score (nSPS) is 21.5. The highest BCUT2D eigenvalue weighted by atomic mass is 32.2. The van der Waals surface area contributed by atoms with Crippen LogP contribution in [0.25, 0.3) is 0 Å². The molecule has 0 amide bonds. The molecule has 2 atom stereocenters. The second kappa shape index (κ2) is 6.42. The molecule has 1 aromatic carbocycles. The fourth-order valence-electron chi connectivity index (χ4n) is 2.46. The molecule has 0 radical (unpaired) electrons. The lowest BCUT2D eigenvalue weighted by Gasteiger charge is -2.12. The van der Waals surface area contributed by atoms with Crippen molar-refractivity contribution < 1.29 is 12.8 Å². The van der Waals surface area contributed by atoms with E-state index in [0.29, 0.717) is 18.0 Å². The summed E-state index contributed by atoms with van der Waals surface area (Å²) in [4.78, 5) is 0.0529. The Hall–Kier alpha value is -0.980. The van der Waals surface area contributed by atoms with E-state index in [9.17, 15) is 12.8 Å². The van der Waals surface area contributed by atoms with Crippen molar-refractivity contribution in [3.05, 3.63) is 29.1 Å². The number of rotatable bonds is 7. The van der Waals surface area contributed by atoms with Gasteiger partial charge < -0.3 is 5.32 Å². The molecule has 0 bridgehead atoms. The Balaban J connectivity index is 2.26. The van der Waals surface area contributed by atoms with Gasteiger partial charge in [0.05, 0.1) is 4.90 Å². The minimum absolute atomic E-state index is 0.000107. The van der Waals surface area contributed by atoms with Crippen LogP contribution < -0.4 is 10.0 Å². The van der Waals surface area contributed by atoms with Crippen molar-refractivity contribution in [1.82, 2.24) is 10.0 Å². The van der Waals surface area contributed by atoms with Crippen molar-refractivity contribution in [2.24, 2.45) is 5.92 Å². The molecule has 1 aromatic rings. The zero-order valence-corrected chi connectivity index (χ0v) is 13.6. The molecule has 1 aliphatic carbocycles. The first-order valence-electron chi connectivity index (χ1n) is 7.41. The number of sulfonamides is 1. The van der Waals surface area contributed by atoms with Gasteiger partial charge in [0.2, 0.25) is 10.0 Å². The third-order valence-electron chi connectivity index (χ3n) is 3.98. The van der Waals surface area contributed by atoms with Gasteiger partial charge in [-0.25, -0.2) is 17.5 Å². The summed E-state index contributed by atoms with van der Waals surface area (Å²) in [5.41, 5.74) is 0.819. The summed E-state index contributed by atoms with van der Waals surface area (Å²) < 4.78 is 41.5. The van der Waals surface area contributed by atoms with Crippen LogP contribution in [0.1, 0.15) is 37.8 Å². The molecule has 21 heavy (non-hydrogen) atoms. The first-order chi connectivity index (χ1) is 9.89. The van der Waals surface area contributed by atoms with Crippen LogP contribution in [0.4, 0.5) is 4.39 Å². The predicted molar refractivity (Wildman–Crippen MR) is 81.0 cm³/mol. The van der Waals surface area contributed by atoms with Crippen molar-refractivity contribution in [3.63, 3.8) is 0 Å². The molecule has 0 aromatic heterocycles. The first-order valence-corrected chi connectivity index (χ1v) is 8.89. The van der Waals surface area contributed by atoms with E-state index in [1.165, 1.54) is 13.0 Å². The van der Waals surface area contributed by atoms with Crippen LogP contribution >= 0.6 is 0 Å². The predicted octanol–water partition coefficient (Wildman–Crippen LogP) is 2.32. The van der Waals surface area contributed by atoms with Crippen LogP contribution in [0, 0.1) is 18.7 Å². The van der Waals surface area contributed by atoms with Gasteiger partial charge in [0, 0.05) is 18.2 Å². The quantitative estimate of drug-likeness (QED) is 0.812. The molecule has 2 unspecified atom stereocenters. The average molecular weight is 314 g/mol. The SMILES string of the molecule is CCNCc1cc(F)c(C)c(S(=O)(=O)NC2CC2CC)c1. The van der Waals surface area contributed by atoms with E-state index in [4.69, 9.17) is 0 Å². The van der Waals surface area contributed by atoms with Crippen LogP contribution in [0.2, 0.25) is 0 Å². The summed E-state index contributed by atoms with van der Waals surface area (Å²) in [5.74, 6) is -0.0662. The Morgan fingerprint density at radius 2 is 2.05 bits per heavy atom. The molecule has 4 nitrogen and oxygen atoms in total. The highest BCUT2D eigenvalue weighted by Crippen LogP contribution is 2.34. The molecular weight excluding hydrogens is 291 g/mol. The lowest BCUT2D eigenvalue weighted by Crippen LogP contribution is -2.28. The van der Waals surface area contributed by atoms with Gasteiger partial charge in [0.1, 0.15) is 5.82 Å². The van der Waals surface area contributed by atoms with E-state index in [1.54, 1.807) is 6.07 Å². The monoisotopic (exact) mass is 314 g/mol. The lowest BCUT2D eigenvalue weighted by atomic mass is 10.1. The Morgan fingerprint density at radius 1 is 1.33 bits per heavy atom. The number of halogens is 1. The molecule has 0 spiro atoms. The van der Waals surface area contributed by atoms with Crippen LogP contribution in [-0.2, 0) is 16.6 Å². The minimum Gasteiger partial charge on any atom is -0.313 e. The van der Waals surface area contributed by atoms with Crippen LogP contribution in [0.5, 0.6) is 0 Å². The largest absolute Gasteiger partial charge is 0.313 e. The second-order valence-electron chi connectivity index (χ2n) is 5.61. The standard InChI is InChI=1S/C15H23FN2O2S/c1-4-12-8-14(12)18-21(19,20)15-7-11(9-17-5-2)6-13(16)10(15)3/h6-7,12,14,17-18H,4-5,8-9H2,1-3H3. The third kappa shape index (κ3) is 3.81. The van der Waals surface area contributed by atoms with Crippen LogP contribution in [-0.4, -0.2) is 21.0 Å². The van der Waals surface area contributed by atoms with Crippen molar-refractivity contribution in [1.29, 1.82) is 0 Å². The smallest absolute Gasteiger partial charge is 0.241 e. The third-order valence-corrected chi connectivity index (χ3v) is 5.59. The molecule has 1 fully saturated rings. The number of nitrogens with one attached hydrogen (secondary N) is 2. The van der Waals surface area contributed by atoms with E-state index >= 15 is 0 Å². The van der Waals surface area contributed by atoms with Gasteiger partial charge in [0.25, 0.3) is 0 Å². The van der Waals surface area contributed by atoms with Crippen LogP contribution in [0.3, 0.4) is 0 Å². The maximum absolute atomic E-state index is 14.0. The summed E-state index contributed by atoms with van der Waals surface area (Å²) in [6.45, 7) is 6.70. The highest BCUT2D eigenvalue weighted by Gasteiger charge is 2.39. The van der Waals surface area contributed by atoms with E-state index < -0.39 is 15.8 Å². The summed E-state index contributed by atoms with van der Waals surface area (Å²) in [6, 6.07) is 2.95. The second-order valence-corrected chi connectivity index (χ2v) is 7.30. The van der Waals surface area contributed by atoms with Gasteiger partial charge in [0.15, 0.2) is 0 Å². The van der Waals surface area contributed by atoms with Gasteiger partial charge >= 0.3 is 0 Å². The molecule has 0 aliphatic heterocycles. The fraction of sp³-hybridized carbons (Fsp3) is 0.600. The Morgan fingerprint density at radius 3 is 2.62 bits per heavy atom. The first kappa shape index (κ1) is 16.4. The summed E-state index contributed by atoms with van der Waals surface area (Å²) >= 11 is 0. The Kier molecular flexibility index (Phi) is 5.01. The number of benzene rings is 1. The molecule has 1 aliphatic rings. The molecular formula is C15H23FN2O2S. The maximum atomic E-state index is 14.0. The number of hydrogen-bond donors (Lipinski definition) is 2. The lowest BCUT2D eigenvalue weighted by molar-refractivity contribution is 0.568. The zero-order chi connectivity index (χ0) is 15.6. The van der Waals surface area contributed by atoms with E-state index in [2.05, 4.69) is 10.0 Å². The number of hydrogen-bond acceptors (Lipinski definition) is 3. The van der Waals surface area contributed by atoms with Crippen molar-refractivity contribution >= 4 is 10.0 Å². The average Bonchev–Trinajstić information content (AvgIpc) is 3.17. The maximum Gasteiger partial charge on any atom is 0.241 e. The van der Waals surface area contributed by atoms with E-state index in [0.717, 1.165) is 19.4 Å². The minimum atomic E-state index is -3.66. The topological polar surface area (TPSA) is 58.2 Å². The molecule has 2 N–H and O–H groups in total. The molecule has 118 valence electrons. The Bertz CT molecular complexity index is 616. The molecule has 0 saturated heterocycles. The van der Waals surface area contributed by atoms with Gasteiger partial charge in [-0.3, -0.25) is 0 Å². The molecule has 0 heterocycles. The van der Waals surface area contributed by atoms with Gasteiger partial charge in [-0.15, -0.1) is 0 Å². The highest BCUT2D eigenvalue weighted by molar-refractivity contribution is 7.89. The van der Waals surface area contributed by atoms with Gasteiger partial charge in [-0.05, 0) is 43.5 Å². The summed E-state index contributed by atoms with van der Waals surface area (Å²) in [7, 11) is -3.66. The van der Waals surface area contributed by atoms with Gasteiger partial charge in [-0.1, -0.05) is 20.3 Å². The Labute approximate surface area is 126 Å². The van der Waals surface area contributed by atoms with E-state index in [1.807, 2.05) is 13.8 Å². The van der Waals surface area contributed by atoms with Crippen molar-refractivity contribution in [2.75, 3.05) is 6.54 Å². The van der Waals surface area contributed by atoms with Crippen LogP contribution in [0.15, 0.2) is 17.0 Å². The van der Waals surface area contributed by atoms with Gasteiger partial charge in [-0.2, -0.15) is 0 Å². The zero-order valence-electron chi connectivity index (χ0n) is 12.7. The van der Waals surface area contributed by atoms with Crippen molar-refractivity contribution in [3.8, 4) is 0 Å². The summed E-state index contributed by atoms with van der Waals surface area (Å²) in [5, 5.41) is 3.08. The fourth-order valence-corrected chi connectivity index (χ4v) is 4.08.